The van der Waals surface area contributed by atoms with Crippen molar-refractivity contribution in [1.82, 2.24) is 0 Å². The molecular weight excluding hydrogens is 232 g/mol. The molecule has 0 radical (unpaired) electrons. The predicted molar refractivity (Wildman–Crippen MR) is 85.7 cm³/mol. The molecule has 2 N–H and O–H groups in total. The molecule has 108 valence electrons. The molecule has 1 aromatic rings. The maximum atomic E-state index is 6.26. The average molecular weight is 262 g/mol. The largest absolute Gasteiger partial charge is 0.369 e. The fraction of sp³-hybridized carbons (Fsp3) is 0.647. The SMILES string of the molecule is CCCCCN(c1ccccc1[C@@H](N)CC)C(C)C. The molecule has 0 aliphatic heterocycles. The molecule has 0 heterocycles. The first-order valence-corrected chi connectivity index (χ1v) is 7.72. The highest BCUT2D eigenvalue weighted by molar-refractivity contribution is 5.55. The fourth-order valence-electron chi connectivity index (χ4n) is 2.47. The van der Waals surface area contributed by atoms with Crippen LogP contribution < -0.4 is 10.6 Å². The van der Waals surface area contributed by atoms with E-state index in [0.29, 0.717) is 6.04 Å². The third-order valence-corrected chi connectivity index (χ3v) is 3.71. The van der Waals surface area contributed by atoms with Crippen molar-refractivity contribution in [1.29, 1.82) is 0 Å². The molecule has 0 aliphatic carbocycles. The lowest BCUT2D eigenvalue weighted by atomic mass is 10.0. The Labute approximate surface area is 119 Å². The van der Waals surface area contributed by atoms with Crippen LogP contribution >= 0.6 is 0 Å². The third kappa shape index (κ3) is 4.54. The van der Waals surface area contributed by atoms with Gasteiger partial charge >= 0.3 is 0 Å². The lowest BCUT2D eigenvalue weighted by Crippen LogP contribution is -2.33. The first-order valence-electron chi connectivity index (χ1n) is 7.72. The monoisotopic (exact) mass is 262 g/mol. The molecule has 0 aromatic heterocycles. The van der Waals surface area contributed by atoms with E-state index in [9.17, 15) is 0 Å². The molecule has 2 heteroatoms. The van der Waals surface area contributed by atoms with Crippen LogP contribution in [-0.2, 0) is 0 Å². The van der Waals surface area contributed by atoms with E-state index in [1.807, 2.05) is 0 Å². The van der Waals surface area contributed by atoms with Gasteiger partial charge < -0.3 is 10.6 Å². The van der Waals surface area contributed by atoms with Gasteiger partial charge in [0.15, 0.2) is 0 Å². The van der Waals surface area contributed by atoms with Crippen LogP contribution in [0.2, 0.25) is 0 Å². The highest BCUT2D eigenvalue weighted by Gasteiger charge is 2.16. The second kappa shape index (κ2) is 8.21. The molecule has 0 saturated carbocycles. The highest BCUT2D eigenvalue weighted by Crippen LogP contribution is 2.28. The molecule has 19 heavy (non-hydrogen) atoms. The maximum Gasteiger partial charge on any atom is 0.0416 e. The summed E-state index contributed by atoms with van der Waals surface area (Å²) in [4.78, 5) is 2.50. The summed E-state index contributed by atoms with van der Waals surface area (Å²) in [7, 11) is 0. The second-order valence-corrected chi connectivity index (χ2v) is 5.57. The topological polar surface area (TPSA) is 29.3 Å². The van der Waals surface area contributed by atoms with Gasteiger partial charge in [-0.15, -0.1) is 0 Å². The van der Waals surface area contributed by atoms with E-state index in [4.69, 9.17) is 5.73 Å². The first-order chi connectivity index (χ1) is 9.11. The molecule has 1 rings (SSSR count). The molecule has 1 aromatic carbocycles. The van der Waals surface area contributed by atoms with Gasteiger partial charge in [-0.25, -0.2) is 0 Å². The van der Waals surface area contributed by atoms with Crippen molar-refractivity contribution in [2.75, 3.05) is 11.4 Å². The van der Waals surface area contributed by atoms with Crippen molar-refractivity contribution in [2.45, 2.75) is 65.5 Å². The van der Waals surface area contributed by atoms with Gasteiger partial charge in [-0.05, 0) is 38.3 Å². The van der Waals surface area contributed by atoms with E-state index in [1.54, 1.807) is 0 Å². The number of benzene rings is 1. The standard InChI is InChI=1S/C17H30N2/c1-5-7-10-13-19(14(3)4)17-12-9-8-11-15(17)16(18)6-2/h8-9,11-12,14,16H,5-7,10,13,18H2,1-4H3/t16-/m0/s1. The molecule has 0 aliphatic rings. The molecule has 0 amide bonds. The van der Waals surface area contributed by atoms with Gasteiger partial charge in [-0.3, -0.25) is 0 Å². The Bertz CT molecular complexity index is 360. The zero-order valence-electron chi connectivity index (χ0n) is 13.0. The normalized spacial score (nSPS) is 12.7. The smallest absolute Gasteiger partial charge is 0.0416 e. The molecule has 0 unspecified atom stereocenters. The zero-order chi connectivity index (χ0) is 14.3. The summed E-state index contributed by atoms with van der Waals surface area (Å²) >= 11 is 0. The van der Waals surface area contributed by atoms with Gasteiger partial charge in [0.1, 0.15) is 0 Å². The molecule has 0 bridgehead atoms. The Hall–Kier alpha value is -1.02. The minimum absolute atomic E-state index is 0.142. The summed E-state index contributed by atoms with van der Waals surface area (Å²) in [6.45, 7) is 10.1. The van der Waals surface area contributed by atoms with Crippen molar-refractivity contribution in [3.05, 3.63) is 29.8 Å². The van der Waals surface area contributed by atoms with Gasteiger partial charge in [0.25, 0.3) is 0 Å². The van der Waals surface area contributed by atoms with E-state index in [1.165, 1.54) is 30.5 Å². The van der Waals surface area contributed by atoms with Crippen molar-refractivity contribution in [3.63, 3.8) is 0 Å². The number of hydrogen-bond acceptors (Lipinski definition) is 2. The van der Waals surface area contributed by atoms with Crippen LogP contribution in [0.4, 0.5) is 5.69 Å². The van der Waals surface area contributed by atoms with Crippen LogP contribution in [0.3, 0.4) is 0 Å². The maximum absolute atomic E-state index is 6.26. The van der Waals surface area contributed by atoms with Crippen LogP contribution in [0.1, 0.15) is 65.0 Å². The Morgan fingerprint density at radius 2 is 1.79 bits per heavy atom. The Kier molecular flexibility index (Phi) is 6.93. The van der Waals surface area contributed by atoms with E-state index >= 15 is 0 Å². The second-order valence-electron chi connectivity index (χ2n) is 5.57. The summed E-state index contributed by atoms with van der Waals surface area (Å²) in [6, 6.07) is 9.27. The summed E-state index contributed by atoms with van der Waals surface area (Å²) in [5, 5.41) is 0. The van der Waals surface area contributed by atoms with Crippen molar-refractivity contribution >= 4 is 5.69 Å². The molecule has 1 atom stereocenters. The Morgan fingerprint density at radius 1 is 1.11 bits per heavy atom. The Morgan fingerprint density at radius 3 is 2.37 bits per heavy atom. The number of rotatable bonds is 8. The highest BCUT2D eigenvalue weighted by atomic mass is 15.2. The molecule has 0 spiro atoms. The number of hydrogen-bond donors (Lipinski definition) is 1. The summed E-state index contributed by atoms with van der Waals surface area (Å²) in [5.74, 6) is 0. The van der Waals surface area contributed by atoms with Crippen LogP contribution in [-0.4, -0.2) is 12.6 Å². The summed E-state index contributed by atoms with van der Waals surface area (Å²) in [6.07, 6.45) is 4.80. The summed E-state index contributed by atoms with van der Waals surface area (Å²) in [5.41, 5.74) is 8.87. The van der Waals surface area contributed by atoms with Crippen LogP contribution in [0.5, 0.6) is 0 Å². The van der Waals surface area contributed by atoms with Crippen molar-refractivity contribution < 1.29 is 0 Å². The zero-order valence-corrected chi connectivity index (χ0v) is 13.0. The lowest BCUT2D eigenvalue weighted by Gasteiger charge is -2.32. The van der Waals surface area contributed by atoms with Gasteiger partial charge in [0, 0.05) is 24.3 Å². The van der Waals surface area contributed by atoms with Crippen LogP contribution in [0, 0.1) is 0 Å². The van der Waals surface area contributed by atoms with Crippen LogP contribution in [0.15, 0.2) is 24.3 Å². The van der Waals surface area contributed by atoms with Crippen molar-refractivity contribution in [3.8, 4) is 0 Å². The van der Waals surface area contributed by atoms with Crippen LogP contribution in [0.25, 0.3) is 0 Å². The molecular formula is C17H30N2. The summed E-state index contributed by atoms with van der Waals surface area (Å²) < 4.78 is 0. The van der Waals surface area contributed by atoms with E-state index in [-0.39, 0.29) is 6.04 Å². The first kappa shape index (κ1) is 16.0. The predicted octanol–water partition coefficient (Wildman–Crippen LogP) is 4.50. The van der Waals surface area contributed by atoms with Gasteiger partial charge in [0.05, 0.1) is 0 Å². The van der Waals surface area contributed by atoms with E-state index in [2.05, 4.69) is 56.9 Å². The van der Waals surface area contributed by atoms with Gasteiger partial charge in [-0.1, -0.05) is 44.9 Å². The number of anilines is 1. The third-order valence-electron chi connectivity index (χ3n) is 3.71. The molecule has 0 saturated heterocycles. The lowest BCUT2D eigenvalue weighted by molar-refractivity contribution is 0.615. The quantitative estimate of drug-likeness (QED) is 0.699. The molecule has 2 nitrogen and oxygen atoms in total. The van der Waals surface area contributed by atoms with Gasteiger partial charge in [0.2, 0.25) is 0 Å². The Balaban J connectivity index is 2.95. The van der Waals surface area contributed by atoms with Gasteiger partial charge in [-0.2, -0.15) is 0 Å². The number of unbranched alkanes of at least 4 members (excludes halogenated alkanes) is 2. The minimum Gasteiger partial charge on any atom is -0.369 e. The van der Waals surface area contributed by atoms with E-state index < -0.39 is 0 Å². The number of nitrogens with zero attached hydrogens (tertiary/aromatic N) is 1. The molecule has 0 fully saturated rings. The minimum atomic E-state index is 0.142. The van der Waals surface area contributed by atoms with Crippen molar-refractivity contribution in [2.24, 2.45) is 5.73 Å². The number of para-hydroxylation sites is 1. The number of nitrogens with two attached hydrogens (primary N) is 1. The van der Waals surface area contributed by atoms with E-state index in [0.717, 1.165) is 13.0 Å². The average Bonchev–Trinajstić information content (AvgIpc) is 2.42. The fourth-order valence-corrected chi connectivity index (χ4v) is 2.47.